The van der Waals surface area contributed by atoms with Crippen molar-refractivity contribution in [3.05, 3.63) is 83.0 Å². The molecule has 0 N–H and O–H groups in total. The fourth-order valence-corrected chi connectivity index (χ4v) is 6.61. The zero-order chi connectivity index (χ0) is 26.7. The van der Waals surface area contributed by atoms with Crippen LogP contribution in [0.4, 0.5) is 13.2 Å². The molecule has 2 nitrogen and oxygen atoms in total. The minimum absolute atomic E-state index is 0.0799. The van der Waals surface area contributed by atoms with E-state index < -0.39 is 11.6 Å². The number of halogens is 3. The molecule has 3 heterocycles. The van der Waals surface area contributed by atoms with Gasteiger partial charge in [0, 0.05) is 27.7 Å². The first kappa shape index (κ1) is 23.3. The molecule has 0 aliphatic heterocycles. The van der Waals surface area contributed by atoms with Crippen LogP contribution in [0.25, 0.3) is 59.8 Å². The molecule has 4 aromatic carbocycles. The average molecular weight is 509 g/mol. The summed E-state index contributed by atoms with van der Waals surface area (Å²) in [5.74, 6) is 0. The van der Waals surface area contributed by atoms with E-state index in [1.807, 2.05) is 30.5 Å². The minimum Gasteiger partial charge on any atom is -0.308 e. The van der Waals surface area contributed by atoms with Crippen molar-refractivity contribution in [1.29, 1.82) is 0 Å². The Balaban J connectivity index is 1.71. The number of aryl methyl sites for hydroxylation is 3. The summed E-state index contributed by atoms with van der Waals surface area (Å²) >= 11 is 0. The predicted molar refractivity (Wildman–Crippen MR) is 152 cm³/mol. The van der Waals surface area contributed by atoms with E-state index in [0.29, 0.717) is 5.56 Å². The van der Waals surface area contributed by atoms with Crippen molar-refractivity contribution in [2.24, 2.45) is 5.41 Å². The van der Waals surface area contributed by atoms with Gasteiger partial charge in [0.1, 0.15) is 0 Å². The normalized spacial score (nSPS) is 13.4. The summed E-state index contributed by atoms with van der Waals surface area (Å²) in [5, 5.41) is 7.78. The van der Waals surface area contributed by atoms with Crippen LogP contribution in [0, 0.1) is 26.2 Å². The number of hydrogen-bond donors (Lipinski definition) is 0. The number of pyridine rings is 2. The number of rotatable bonds is 2. The molecule has 0 radical (unpaired) electrons. The molecule has 0 unspecified atom stereocenters. The van der Waals surface area contributed by atoms with Gasteiger partial charge in [-0.3, -0.25) is 4.98 Å². The molecule has 0 spiro atoms. The van der Waals surface area contributed by atoms with Crippen molar-refractivity contribution in [1.82, 2.24) is 9.38 Å². The Morgan fingerprint density at radius 3 is 2.29 bits per heavy atom. The van der Waals surface area contributed by atoms with Crippen LogP contribution in [0.1, 0.15) is 36.1 Å². The molecule has 0 aliphatic carbocycles. The summed E-state index contributed by atoms with van der Waals surface area (Å²) in [6.07, 6.45) is -2.50. The van der Waals surface area contributed by atoms with Gasteiger partial charge in [0.2, 0.25) is 0 Å². The topological polar surface area (TPSA) is 17.3 Å². The molecule has 5 heteroatoms. The van der Waals surface area contributed by atoms with Crippen molar-refractivity contribution < 1.29 is 13.2 Å². The van der Waals surface area contributed by atoms with Crippen LogP contribution < -0.4 is 0 Å². The molecular formula is C33H27F3N2. The first-order valence-electron chi connectivity index (χ1n) is 12.9. The highest BCUT2D eigenvalue weighted by Gasteiger charge is 2.47. The van der Waals surface area contributed by atoms with Crippen molar-refractivity contribution in [3.63, 3.8) is 0 Å². The Hall–Kier alpha value is -3.86. The van der Waals surface area contributed by atoms with Gasteiger partial charge in [0.15, 0.2) is 0 Å². The molecule has 7 aromatic rings. The lowest BCUT2D eigenvalue weighted by molar-refractivity contribution is -0.211. The summed E-state index contributed by atoms with van der Waals surface area (Å²) in [6.45, 7) is 8.97. The van der Waals surface area contributed by atoms with Crippen LogP contribution in [0.3, 0.4) is 0 Å². The van der Waals surface area contributed by atoms with Crippen molar-refractivity contribution in [2.75, 3.05) is 0 Å². The molecule has 0 aliphatic rings. The van der Waals surface area contributed by atoms with Gasteiger partial charge < -0.3 is 4.40 Å². The Bertz CT molecular complexity index is 2090. The third kappa shape index (κ3) is 2.99. The van der Waals surface area contributed by atoms with Crippen LogP contribution in [-0.4, -0.2) is 15.6 Å². The Labute approximate surface area is 218 Å². The van der Waals surface area contributed by atoms with Gasteiger partial charge in [0.25, 0.3) is 0 Å². The molecule has 0 amide bonds. The fourth-order valence-electron chi connectivity index (χ4n) is 6.61. The van der Waals surface area contributed by atoms with Gasteiger partial charge in [-0.15, -0.1) is 0 Å². The maximum Gasteiger partial charge on any atom is 0.394 e. The molecule has 0 atom stereocenters. The Morgan fingerprint density at radius 1 is 0.763 bits per heavy atom. The van der Waals surface area contributed by atoms with E-state index in [1.165, 1.54) is 35.7 Å². The van der Waals surface area contributed by atoms with Gasteiger partial charge in [-0.2, -0.15) is 13.2 Å². The maximum atomic E-state index is 13.8. The van der Waals surface area contributed by atoms with Gasteiger partial charge in [-0.1, -0.05) is 55.8 Å². The minimum atomic E-state index is -4.28. The quantitative estimate of drug-likeness (QED) is 0.168. The summed E-state index contributed by atoms with van der Waals surface area (Å²) in [7, 11) is 0. The zero-order valence-corrected chi connectivity index (χ0v) is 22.0. The van der Waals surface area contributed by atoms with E-state index in [9.17, 15) is 13.2 Å². The van der Waals surface area contributed by atoms with E-state index in [2.05, 4.69) is 55.5 Å². The number of aromatic nitrogens is 2. The number of alkyl halides is 3. The van der Waals surface area contributed by atoms with E-state index >= 15 is 0 Å². The number of benzene rings is 4. The lowest BCUT2D eigenvalue weighted by Crippen LogP contribution is -2.34. The molecule has 0 bridgehead atoms. The maximum absolute atomic E-state index is 13.8. The standard InChI is InChI=1S/C33H27F3N2/c1-17-12-18(2)27-19(3)30-25(15-22(27)13-17)29-28-21(10-11-37-29)7-9-24-23-8-6-20(14-26(23)38(30)31(24)28)16-32(4,5)33(34,35)36/h6-15H,16H2,1-5H3. The average Bonchev–Trinajstić information content (AvgIpc) is 3.16. The molecular weight excluding hydrogens is 481 g/mol. The van der Waals surface area contributed by atoms with Gasteiger partial charge in [-0.25, -0.2) is 0 Å². The largest absolute Gasteiger partial charge is 0.394 e. The van der Waals surface area contributed by atoms with Gasteiger partial charge >= 0.3 is 6.18 Å². The second-order valence-corrected chi connectivity index (χ2v) is 11.5. The van der Waals surface area contributed by atoms with Gasteiger partial charge in [-0.05, 0) is 78.2 Å². The first-order chi connectivity index (χ1) is 18.0. The smallest absolute Gasteiger partial charge is 0.308 e. The van der Waals surface area contributed by atoms with Crippen LogP contribution >= 0.6 is 0 Å². The number of hydrogen-bond acceptors (Lipinski definition) is 1. The molecule has 190 valence electrons. The molecule has 7 rings (SSSR count). The summed E-state index contributed by atoms with van der Waals surface area (Å²) in [6, 6.07) is 18.8. The van der Waals surface area contributed by atoms with Crippen LogP contribution in [0.15, 0.2) is 60.8 Å². The molecule has 3 aromatic heterocycles. The highest BCUT2D eigenvalue weighted by molar-refractivity contribution is 6.29. The summed E-state index contributed by atoms with van der Waals surface area (Å²) < 4.78 is 43.6. The summed E-state index contributed by atoms with van der Waals surface area (Å²) in [5.41, 5.74) is 6.47. The SMILES string of the molecule is Cc1cc(C)c2c(C)c3c(cc2c1)c1nccc2ccc4c5ccc(CC(C)(C)C(F)(F)F)cc5n3c4c21. The Kier molecular flexibility index (Phi) is 4.52. The molecule has 38 heavy (non-hydrogen) atoms. The Morgan fingerprint density at radius 2 is 1.53 bits per heavy atom. The van der Waals surface area contributed by atoms with Gasteiger partial charge in [0.05, 0.1) is 27.5 Å². The van der Waals surface area contributed by atoms with Crippen molar-refractivity contribution in [2.45, 2.75) is 47.2 Å². The van der Waals surface area contributed by atoms with E-state index in [-0.39, 0.29) is 6.42 Å². The zero-order valence-electron chi connectivity index (χ0n) is 22.0. The second kappa shape index (κ2) is 7.37. The lowest BCUT2D eigenvalue weighted by Gasteiger charge is -2.27. The number of nitrogens with zero attached hydrogens (tertiary/aromatic N) is 2. The van der Waals surface area contributed by atoms with E-state index in [4.69, 9.17) is 4.98 Å². The van der Waals surface area contributed by atoms with Crippen LogP contribution in [0.5, 0.6) is 0 Å². The molecule has 0 saturated heterocycles. The van der Waals surface area contributed by atoms with Crippen LogP contribution in [0.2, 0.25) is 0 Å². The third-order valence-electron chi connectivity index (χ3n) is 8.41. The first-order valence-corrected chi connectivity index (χ1v) is 12.9. The third-order valence-corrected chi connectivity index (χ3v) is 8.41. The van der Waals surface area contributed by atoms with Crippen LogP contribution in [-0.2, 0) is 6.42 Å². The lowest BCUT2D eigenvalue weighted by atomic mass is 9.85. The second-order valence-electron chi connectivity index (χ2n) is 11.5. The molecule has 0 saturated carbocycles. The van der Waals surface area contributed by atoms with Crippen molar-refractivity contribution in [3.8, 4) is 0 Å². The highest BCUT2D eigenvalue weighted by Crippen LogP contribution is 2.45. The summed E-state index contributed by atoms with van der Waals surface area (Å²) in [4.78, 5) is 4.88. The van der Waals surface area contributed by atoms with Crippen molar-refractivity contribution >= 4 is 59.8 Å². The molecule has 0 fully saturated rings. The highest BCUT2D eigenvalue weighted by atomic mass is 19.4. The van der Waals surface area contributed by atoms with E-state index in [1.54, 1.807) is 0 Å². The number of fused-ring (bicyclic) bond motifs is 7. The predicted octanol–water partition coefficient (Wildman–Crippen LogP) is 9.59. The monoisotopic (exact) mass is 508 g/mol. The fraction of sp³-hybridized carbons (Fsp3) is 0.242. The van der Waals surface area contributed by atoms with E-state index in [0.717, 1.165) is 54.6 Å².